The van der Waals surface area contributed by atoms with Gasteiger partial charge in [-0.3, -0.25) is 4.90 Å². The Balaban J connectivity index is 1.53. The van der Waals surface area contributed by atoms with Crippen LogP contribution in [0.5, 0.6) is 5.75 Å². The number of piperidine rings is 1. The topological polar surface area (TPSA) is 35.9 Å². The zero-order valence-corrected chi connectivity index (χ0v) is 14.0. The van der Waals surface area contributed by atoms with Gasteiger partial charge in [0.1, 0.15) is 5.75 Å². The molecule has 24 heavy (non-hydrogen) atoms. The molecule has 4 nitrogen and oxygen atoms in total. The van der Waals surface area contributed by atoms with Crippen LogP contribution in [0.2, 0.25) is 0 Å². The van der Waals surface area contributed by atoms with Gasteiger partial charge in [-0.2, -0.15) is 8.78 Å². The molecule has 2 aliphatic rings. The number of hydrogen-bond acceptors (Lipinski definition) is 4. The SMILES string of the molecule is O[C@]1(CN2CCCCC2)CCN(Cc2cccc(OC(F)F)c2)C1. The van der Waals surface area contributed by atoms with Crippen molar-refractivity contribution in [2.75, 3.05) is 32.7 Å². The maximum absolute atomic E-state index is 12.3. The highest BCUT2D eigenvalue weighted by atomic mass is 19.3. The summed E-state index contributed by atoms with van der Waals surface area (Å²) in [5.41, 5.74) is 0.268. The molecule has 134 valence electrons. The highest BCUT2D eigenvalue weighted by Crippen LogP contribution is 2.26. The molecular weight excluding hydrogens is 314 g/mol. The molecule has 1 aromatic carbocycles. The van der Waals surface area contributed by atoms with Gasteiger partial charge in [0.05, 0.1) is 5.60 Å². The van der Waals surface area contributed by atoms with Gasteiger partial charge < -0.3 is 14.7 Å². The standard InChI is InChI=1S/C18H26F2N2O2/c19-17(20)24-16-6-4-5-15(11-16)12-22-10-7-18(23,14-22)13-21-8-2-1-3-9-21/h4-6,11,17,23H,1-3,7-10,12-14H2/t18-/m0/s1. The summed E-state index contributed by atoms with van der Waals surface area (Å²) in [6, 6.07) is 6.81. The third-order valence-electron chi connectivity index (χ3n) is 4.91. The molecule has 0 radical (unpaired) electrons. The fourth-order valence-electron chi connectivity index (χ4n) is 3.82. The molecule has 0 bridgehead atoms. The number of benzene rings is 1. The van der Waals surface area contributed by atoms with Crippen LogP contribution < -0.4 is 4.74 Å². The second-order valence-corrected chi connectivity index (χ2v) is 7.05. The van der Waals surface area contributed by atoms with E-state index in [9.17, 15) is 13.9 Å². The Labute approximate surface area is 142 Å². The van der Waals surface area contributed by atoms with Crippen molar-refractivity contribution in [1.82, 2.24) is 9.80 Å². The number of alkyl halides is 2. The van der Waals surface area contributed by atoms with Gasteiger partial charge in [0.15, 0.2) is 0 Å². The Bertz CT molecular complexity index is 538. The summed E-state index contributed by atoms with van der Waals surface area (Å²) in [4.78, 5) is 4.55. The van der Waals surface area contributed by atoms with Crippen molar-refractivity contribution in [3.05, 3.63) is 29.8 Å². The van der Waals surface area contributed by atoms with Crippen LogP contribution in [-0.4, -0.2) is 59.8 Å². The zero-order chi connectivity index (χ0) is 17.0. The van der Waals surface area contributed by atoms with Crippen molar-refractivity contribution >= 4 is 0 Å². The van der Waals surface area contributed by atoms with Gasteiger partial charge in [0.25, 0.3) is 0 Å². The third kappa shape index (κ3) is 4.88. The van der Waals surface area contributed by atoms with Crippen molar-refractivity contribution in [3.8, 4) is 5.75 Å². The van der Waals surface area contributed by atoms with E-state index in [1.807, 2.05) is 6.07 Å². The minimum Gasteiger partial charge on any atom is -0.435 e. The van der Waals surface area contributed by atoms with E-state index < -0.39 is 12.2 Å². The van der Waals surface area contributed by atoms with E-state index in [0.717, 1.165) is 38.2 Å². The molecule has 0 amide bonds. The van der Waals surface area contributed by atoms with Gasteiger partial charge in [-0.15, -0.1) is 0 Å². The lowest BCUT2D eigenvalue weighted by atomic mass is 10.0. The van der Waals surface area contributed by atoms with Gasteiger partial charge in [0.2, 0.25) is 0 Å². The average molecular weight is 340 g/mol. The predicted octanol–water partition coefficient (Wildman–Crippen LogP) is 2.71. The molecule has 2 fully saturated rings. The predicted molar refractivity (Wildman–Crippen MR) is 88.2 cm³/mol. The Hall–Kier alpha value is -1.24. The van der Waals surface area contributed by atoms with Crippen LogP contribution in [0.15, 0.2) is 24.3 Å². The summed E-state index contributed by atoms with van der Waals surface area (Å²) >= 11 is 0. The van der Waals surface area contributed by atoms with Crippen molar-refractivity contribution in [1.29, 1.82) is 0 Å². The van der Waals surface area contributed by atoms with Crippen molar-refractivity contribution in [3.63, 3.8) is 0 Å². The molecule has 0 aromatic heterocycles. The number of aliphatic hydroxyl groups is 1. The van der Waals surface area contributed by atoms with Gasteiger partial charge in [0, 0.05) is 26.2 Å². The van der Waals surface area contributed by atoms with E-state index >= 15 is 0 Å². The molecule has 2 heterocycles. The molecule has 2 aliphatic heterocycles. The van der Waals surface area contributed by atoms with E-state index in [1.54, 1.807) is 12.1 Å². The number of likely N-dealkylation sites (tertiary alicyclic amines) is 2. The first-order valence-electron chi connectivity index (χ1n) is 8.73. The first-order valence-corrected chi connectivity index (χ1v) is 8.73. The lowest BCUT2D eigenvalue weighted by molar-refractivity contribution is -0.0499. The molecule has 1 N–H and O–H groups in total. The van der Waals surface area contributed by atoms with E-state index in [0.29, 0.717) is 13.1 Å². The van der Waals surface area contributed by atoms with Crippen LogP contribution in [0.1, 0.15) is 31.2 Å². The molecule has 0 spiro atoms. The van der Waals surface area contributed by atoms with E-state index in [4.69, 9.17) is 0 Å². The van der Waals surface area contributed by atoms with Gasteiger partial charge in [-0.05, 0) is 50.0 Å². The highest BCUT2D eigenvalue weighted by molar-refractivity contribution is 5.28. The quantitative estimate of drug-likeness (QED) is 0.864. The molecule has 0 aliphatic carbocycles. The van der Waals surface area contributed by atoms with Crippen LogP contribution >= 0.6 is 0 Å². The van der Waals surface area contributed by atoms with Crippen LogP contribution in [0, 0.1) is 0 Å². The molecule has 3 rings (SSSR count). The molecule has 0 unspecified atom stereocenters. The maximum Gasteiger partial charge on any atom is 0.387 e. The number of halogens is 2. The summed E-state index contributed by atoms with van der Waals surface area (Å²) in [7, 11) is 0. The molecule has 1 aromatic rings. The van der Waals surface area contributed by atoms with Crippen LogP contribution in [0.4, 0.5) is 8.78 Å². The molecule has 0 saturated carbocycles. The van der Waals surface area contributed by atoms with E-state index in [1.165, 1.54) is 25.3 Å². The second kappa shape index (κ2) is 7.76. The Morgan fingerprint density at radius 3 is 2.67 bits per heavy atom. The minimum atomic E-state index is -2.80. The fraction of sp³-hybridized carbons (Fsp3) is 0.667. The number of β-amino-alcohol motifs (C(OH)–C–C–N with tert-alkyl or cyclic N) is 1. The summed E-state index contributed by atoms with van der Waals surface area (Å²) in [5.74, 6) is 0.185. The third-order valence-corrected chi connectivity index (χ3v) is 4.91. The lowest BCUT2D eigenvalue weighted by Gasteiger charge is -2.33. The number of ether oxygens (including phenoxy) is 1. The number of nitrogens with zero attached hydrogens (tertiary/aromatic N) is 2. The second-order valence-electron chi connectivity index (χ2n) is 7.05. The van der Waals surface area contributed by atoms with Crippen LogP contribution in [0.3, 0.4) is 0 Å². The Morgan fingerprint density at radius 2 is 1.92 bits per heavy atom. The first kappa shape index (κ1) is 17.6. The number of rotatable bonds is 6. The molecule has 6 heteroatoms. The highest BCUT2D eigenvalue weighted by Gasteiger charge is 2.37. The normalized spacial score (nSPS) is 26.2. The monoisotopic (exact) mass is 340 g/mol. The van der Waals surface area contributed by atoms with E-state index in [-0.39, 0.29) is 5.75 Å². The summed E-state index contributed by atoms with van der Waals surface area (Å²) in [5, 5.41) is 10.9. The summed E-state index contributed by atoms with van der Waals surface area (Å²) in [6.07, 6.45) is 4.49. The molecule has 1 atom stereocenters. The van der Waals surface area contributed by atoms with Crippen molar-refractivity contribution < 1.29 is 18.6 Å². The average Bonchev–Trinajstić information content (AvgIpc) is 2.88. The van der Waals surface area contributed by atoms with Crippen LogP contribution in [0.25, 0.3) is 0 Å². The summed E-state index contributed by atoms with van der Waals surface area (Å²) < 4.78 is 29.1. The fourth-order valence-corrected chi connectivity index (χ4v) is 3.82. The van der Waals surface area contributed by atoms with E-state index in [2.05, 4.69) is 14.5 Å². The maximum atomic E-state index is 12.3. The van der Waals surface area contributed by atoms with Crippen molar-refractivity contribution in [2.24, 2.45) is 0 Å². The molecule has 2 saturated heterocycles. The van der Waals surface area contributed by atoms with Crippen molar-refractivity contribution in [2.45, 2.75) is 44.4 Å². The minimum absolute atomic E-state index is 0.185. The van der Waals surface area contributed by atoms with Crippen LogP contribution in [-0.2, 0) is 6.54 Å². The Kier molecular flexibility index (Phi) is 5.69. The smallest absolute Gasteiger partial charge is 0.387 e. The Morgan fingerprint density at radius 1 is 1.12 bits per heavy atom. The lowest BCUT2D eigenvalue weighted by Crippen LogP contribution is -2.46. The zero-order valence-electron chi connectivity index (χ0n) is 14.0. The van der Waals surface area contributed by atoms with Gasteiger partial charge in [-0.25, -0.2) is 0 Å². The first-order chi connectivity index (χ1) is 11.5. The molecular formula is C18H26F2N2O2. The number of hydrogen-bond donors (Lipinski definition) is 1. The summed E-state index contributed by atoms with van der Waals surface area (Å²) in [6.45, 7) is 2.18. The van der Waals surface area contributed by atoms with Gasteiger partial charge in [-0.1, -0.05) is 18.6 Å². The van der Waals surface area contributed by atoms with Gasteiger partial charge >= 0.3 is 6.61 Å². The largest absolute Gasteiger partial charge is 0.435 e.